The number of pyridine rings is 1. The summed E-state index contributed by atoms with van der Waals surface area (Å²) < 4.78 is 28.5. The Morgan fingerprint density at radius 2 is 1.69 bits per heavy atom. The van der Waals surface area contributed by atoms with E-state index in [0.29, 0.717) is 5.56 Å². The van der Waals surface area contributed by atoms with Gasteiger partial charge in [-0.05, 0) is 67.8 Å². The summed E-state index contributed by atoms with van der Waals surface area (Å²) in [6.07, 6.45) is 3.31. The number of nitrogens with one attached hydrogen (secondary N) is 2. The Morgan fingerprint density at radius 1 is 1.00 bits per heavy atom. The molecule has 1 aromatic heterocycles. The topological polar surface area (TPSA) is 88.2 Å². The number of aromatic nitrogens is 1. The van der Waals surface area contributed by atoms with Crippen LogP contribution in [0.5, 0.6) is 0 Å². The van der Waals surface area contributed by atoms with E-state index >= 15 is 0 Å². The van der Waals surface area contributed by atoms with Crippen LogP contribution in [-0.2, 0) is 10.0 Å². The highest BCUT2D eigenvalue weighted by Crippen LogP contribution is 2.24. The van der Waals surface area contributed by atoms with Crippen LogP contribution in [0.2, 0.25) is 0 Å². The van der Waals surface area contributed by atoms with Crippen molar-refractivity contribution in [2.75, 3.05) is 4.72 Å². The van der Waals surface area contributed by atoms with Crippen molar-refractivity contribution >= 4 is 21.6 Å². The number of carbonyl (C=O) groups is 1. The molecule has 6 nitrogen and oxygen atoms in total. The Labute approximate surface area is 171 Å². The summed E-state index contributed by atoms with van der Waals surface area (Å²) in [7, 11) is -3.84. The van der Waals surface area contributed by atoms with Gasteiger partial charge in [0.05, 0.1) is 22.2 Å². The lowest BCUT2D eigenvalue weighted by molar-refractivity contribution is 0.0941. The number of amides is 1. The van der Waals surface area contributed by atoms with Crippen molar-refractivity contribution < 1.29 is 13.2 Å². The van der Waals surface area contributed by atoms with E-state index in [1.165, 1.54) is 0 Å². The Hall–Kier alpha value is -3.19. The highest BCUT2D eigenvalue weighted by molar-refractivity contribution is 7.92. The standard InChI is InChI=1S/C22H23N3O3S/c1-15-8-9-16(2)21(14-15)29(27,28)25-20-7-5-4-6-19(20)22(26)24-17(3)18-10-12-23-13-11-18/h4-14,17,25H,1-3H3,(H,24,26). The molecule has 0 saturated carbocycles. The third-order valence-electron chi connectivity index (χ3n) is 4.60. The minimum atomic E-state index is -3.84. The molecule has 7 heteroatoms. The van der Waals surface area contributed by atoms with Crippen molar-refractivity contribution in [3.8, 4) is 0 Å². The molecule has 0 radical (unpaired) electrons. The van der Waals surface area contributed by atoms with Crippen molar-refractivity contribution in [1.82, 2.24) is 10.3 Å². The zero-order chi connectivity index (χ0) is 21.0. The van der Waals surface area contributed by atoms with E-state index in [1.54, 1.807) is 55.7 Å². The molecule has 1 unspecified atom stereocenters. The third kappa shape index (κ3) is 4.81. The molecule has 1 amide bonds. The molecule has 0 spiro atoms. The maximum Gasteiger partial charge on any atom is 0.262 e. The molecule has 3 aromatic rings. The molecule has 2 N–H and O–H groups in total. The molecule has 1 heterocycles. The van der Waals surface area contributed by atoms with Gasteiger partial charge in [-0.1, -0.05) is 24.3 Å². The summed E-state index contributed by atoms with van der Waals surface area (Å²) >= 11 is 0. The van der Waals surface area contributed by atoms with Crippen LogP contribution >= 0.6 is 0 Å². The summed E-state index contributed by atoms with van der Waals surface area (Å²) in [6, 6.07) is 15.2. The largest absolute Gasteiger partial charge is 0.345 e. The number of hydrogen-bond acceptors (Lipinski definition) is 4. The first-order valence-electron chi connectivity index (χ1n) is 9.18. The van der Waals surface area contributed by atoms with Crippen LogP contribution in [0.15, 0.2) is 71.9 Å². The van der Waals surface area contributed by atoms with Gasteiger partial charge in [-0.2, -0.15) is 0 Å². The molecule has 2 aromatic carbocycles. The molecule has 0 aliphatic rings. The molecule has 1 atom stereocenters. The number of nitrogens with zero attached hydrogens (tertiary/aromatic N) is 1. The second-order valence-electron chi connectivity index (χ2n) is 6.90. The van der Waals surface area contributed by atoms with Gasteiger partial charge in [-0.15, -0.1) is 0 Å². The zero-order valence-corrected chi connectivity index (χ0v) is 17.3. The maximum atomic E-state index is 12.9. The van der Waals surface area contributed by atoms with Crippen molar-refractivity contribution in [1.29, 1.82) is 0 Å². The minimum Gasteiger partial charge on any atom is -0.345 e. The number of sulfonamides is 1. The molecule has 0 aliphatic heterocycles. The van der Waals surface area contributed by atoms with Crippen LogP contribution in [-0.4, -0.2) is 19.3 Å². The monoisotopic (exact) mass is 409 g/mol. The smallest absolute Gasteiger partial charge is 0.262 e. The predicted molar refractivity (Wildman–Crippen MR) is 113 cm³/mol. The molecule has 0 bridgehead atoms. The van der Waals surface area contributed by atoms with E-state index < -0.39 is 10.0 Å². The van der Waals surface area contributed by atoms with E-state index in [-0.39, 0.29) is 28.1 Å². The van der Waals surface area contributed by atoms with Crippen LogP contribution in [0.3, 0.4) is 0 Å². The van der Waals surface area contributed by atoms with Gasteiger partial charge < -0.3 is 5.32 Å². The Balaban J connectivity index is 1.87. The molecule has 0 saturated heterocycles. The Morgan fingerprint density at radius 3 is 2.41 bits per heavy atom. The van der Waals surface area contributed by atoms with Gasteiger partial charge in [0, 0.05) is 12.4 Å². The van der Waals surface area contributed by atoms with E-state index in [9.17, 15) is 13.2 Å². The quantitative estimate of drug-likeness (QED) is 0.644. The van der Waals surface area contributed by atoms with Gasteiger partial charge in [-0.3, -0.25) is 14.5 Å². The fourth-order valence-electron chi connectivity index (χ4n) is 2.98. The molecule has 0 fully saturated rings. The SMILES string of the molecule is Cc1ccc(C)c(S(=O)(=O)Nc2ccccc2C(=O)NC(C)c2ccncc2)c1. The predicted octanol–water partition coefficient (Wildman–Crippen LogP) is 3.99. The number of benzene rings is 2. The highest BCUT2D eigenvalue weighted by Gasteiger charge is 2.21. The van der Waals surface area contributed by atoms with Crippen LogP contribution in [0.25, 0.3) is 0 Å². The molecule has 3 rings (SSSR count). The highest BCUT2D eigenvalue weighted by atomic mass is 32.2. The first-order chi connectivity index (χ1) is 13.8. The molecular weight excluding hydrogens is 386 g/mol. The van der Waals surface area contributed by atoms with E-state index in [0.717, 1.165) is 11.1 Å². The number of aryl methyl sites for hydroxylation is 2. The summed E-state index contributed by atoms with van der Waals surface area (Å²) in [6.45, 7) is 5.43. The average molecular weight is 410 g/mol. The zero-order valence-electron chi connectivity index (χ0n) is 16.5. The summed E-state index contributed by atoms with van der Waals surface area (Å²) in [5.41, 5.74) is 2.86. The van der Waals surface area contributed by atoms with Crippen molar-refractivity contribution in [3.63, 3.8) is 0 Å². The van der Waals surface area contributed by atoms with Gasteiger partial charge in [0.2, 0.25) is 0 Å². The van der Waals surface area contributed by atoms with Crippen LogP contribution in [0.4, 0.5) is 5.69 Å². The van der Waals surface area contributed by atoms with Gasteiger partial charge in [0.25, 0.3) is 15.9 Å². The fourth-order valence-corrected chi connectivity index (χ4v) is 4.39. The fraction of sp³-hybridized carbons (Fsp3) is 0.182. The Bertz CT molecular complexity index is 1130. The Kier molecular flexibility index (Phi) is 5.98. The van der Waals surface area contributed by atoms with Crippen LogP contribution in [0.1, 0.15) is 40.0 Å². The van der Waals surface area contributed by atoms with Crippen LogP contribution in [0, 0.1) is 13.8 Å². The lowest BCUT2D eigenvalue weighted by Crippen LogP contribution is -2.28. The summed E-state index contributed by atoms with van der Waals surface area (Å²) in [4.78, 5) is 17.0. The van der Waals surface area contributed by atoms with Gasteiger partial charge in [0.15, 0.2) is 0 Å². The first-order valence-corrected chi connectivity index (χ1v) is 10.7. The van der Waals surface area contributed by atoms with Crippen molar-refractivity contribution in [2.45, 2.75) is 31.7 Å². The summed E-state index contributed by atoms with van der Waals surface area (Å²) in [5.74, 6) is -0.367. The van der Waals surface area contributed by atoms with Crippen molar-refractivity contribution in [2.24, 2.45) is 0 Å². The second-order valence-corrected chi connectivity index (χ2v) is 8.55. The summed E-state index contributed by atoms with van der Waals surface area (Å²) in [5, 5.41) is 2.90. The van der Waals surface area contributed by atoms with Crippen molar-refractivity contribution in [3.05, 3.63) is 89.2 Å². The second kappa shape index (κ2) is 8.45. The molecule has 29 heavy (non-hydrogen) atoms. The number of rotatable bonds is 6. The van der Waals surface area contributed by atoms with E-state index in [1.807, 2.05) is 32.0 Å². The minimum absolute atomic E-state index is 0.192. The third-order valence-corrected chi connectivity index (χ3v) is 6.11. The van der Waals surface area contributed by atoms with Gasteiger partial charge in [0.1, 0.15) is 0 Å². The van der Waals surface area contributed by atoms with Gasteiger partial charge >= 0.3 is 0 Å². The van der Waals surface area contributed by atoms with Crippen LogP contribution < -0.4 is 10.0 Å². The average Bonchev–Trinajstić information content (AvgIpc) is 2.70. The maximum absolute atomic E-state index is 12.9. The molecule has 0 aliphatic carbocycles. The normalized spacial score (nSPS) is 12.2. The lowest BCUT2D eigenvalue weighted by atomic mass is 10.1. The van der Waals surface area contributed by atoms with E-state index in [2.05, 4.69) is 15.0 Å². The number of hydrogen-bond donors (Lipinski definition) is 2. The number of carbonyl (C=O) groups excluding carboxylic acids is 1. The molecular formula is C22H23N3O3S. The number of anilines is 1. The number of para-hydroxylation sites is 1. The molecule has 150 valence electrons. The first kappa shape index (κ1) is 20.5. The van der Waals surface area contributed by atoms with Gasteiger partial charge in [-0.25, -0.2) is 8.42 Å². The lowest BCUT2D eigenvalue weighted by Gasteiger charge is -2.17. The van der Waals surface area contributed by atoms with E-state index in [4.69, 9.17) is 0 Å².